The first-order chi connectivity index (χ1) is 8.79. The van der Waals surface area contributed by atoms with Crippen LogP contribution in [0.1, 0.15) is 16.1 Å². The Hall–Kier alpha value is -1.79. The molecule has 0 aliphatic heterocycles. The van der Waals surface area contributed by atoms with E-state index < -0.39 is 0 Å². The lowest BCUT2D eigenvalue weighted by Gasteiger charge is -2.15. The summed E-state index contributed by atoms with van der Waals surface area (Å²) >= 11 is 0.983. The Balaban J connectivity index is 1.96. The van der Waals surface area contributed by atoms with Crippen LogP contribution in [0.5, 0.6) is 0 Å². The highest BCUT2D eigenvalue weighted by molar-refractivity contribution is 6.99. The second-order valence-corrected chi connectivity index (χ2v) is 4.39. The van der Waals surface area contributed by atoms with E-state index in [9.17, 15) is 9.90 Å². The van der Waals surface area contributed by atoms with Crippen LogP contribution in [0.15, 0.2) is 36.5 Å². The quantitative estimate of drug-likeness (QED) is 0.839. The standard InChI is InChI=1S/C12H13N3O2S/c16-8-10(6-9-4-2-1-3-5-9)14-12(17)11-7-13-18-15-11/h1-5,7,10,16H,6,8H2,(H,14,17)/t10-/m0/s1. The number of benzene rings is 1. The topological polar surface area (TPSA) is 75.1 Å². The van der Waals surface area contributed by atoms with Crippen molar-refractivity contribution in [2.24, 2.45) is 0 Å². The van der Waals surface area contributed by atoms with E-state index in [4.69, 9.17) is 0 Å². The molecular weight excluding hydrogens is 250 g/mol. The van der Waals surface area contributed by atoms with E-state index in [2.05, 4.69) is 14.1 Å². The summed E-state index contributed by atoms with van der Waals surface area (Å²) in [5.41, 5.74) is 1.35. The lowest BCUT2D eigenvalue weighted by atomic mass is 10.1. The number of rotatable bonds is 5. The average Bonchev–Trinajstić information content (AvgIpc) is 2.93. The van der Waals surface area contributed by atoms with E-state index in [-0.39, 0.29) is 24.2 Å². The summed E-state index contributed by atoms with van der Waals surface area (Å²) in [5, 5.41) is 12.0. The number of aromatic nitrogens is 2. The molecule has 0 bridgehead atoms. The van der Waals surface area contributed by atoms with Crippen molar-refractivity contribution in [1.82, 2.24) is 14.1 Å². The zero-order valence-corrected chi connectivity index (χ0v) is 10.4. The molecule has 0 aliphatic carbocycles. The van der Waals surface area contributed by atoms with Crippen LogP contribution in [0.3, 0.4) is 0 Å². The molecule has 0 saturated heterocycles. The van der Waals surface area contributed by atoms with E-state index >= 15 is 0 Å². The predicted molar refractivity (Wildman–Crippen MR) is 68.4 cm³/mol. The monoisotopic (exact) mass is 263 g/mol. The van der Waals surface area contributed by atoms with E-state index in [0.29, 0.717) is 6.42 Å². The molecule has 0 spiro atoms. The van der Waals surface area contributed by atoms with Crippen molar-refractivity contribution < 1.29 is 9.90 Å². The van der Waals surface area contributed by atoms with Crippen LogP contribution in [0.2, 0.25) is 0 Å². The number of nitrogens with zero attached hydrogens (tertiary/aromatic N) is 2. The molecule has 5 nitrogen and oxygen atoms in total. The summed E-state index contributed by atoms with van der Waals surface area (Å²) in [4.78, 5) is 11.7. The van der Waals surface area contributed by atoms with Gasteiger partial charge in [-0.25, -0.2) is 0 Å². The zero-order valence-electron chi connectivity index (χ0n) is 9.61. The van der Waals surface area contributed by atoms with Crippen molar-refractivity contribution in [1.29, 1.82) is 0 Å². The van der Waals surface area contributed by atoms with Gasteiger partial charge in [-0.1, -0.05) is 30.3 Å². The second kappa shape index (κ2) is 6.23. The maximum absolute atomic E-state index is 11.7. The molecule has 1 aromatic carbocycles. The van der Waals surface area contributed by atoms with Crippen molar-refractivity contribution in [3.8, 4) is 0 Å². The molecule has 1 atom stereocenters. The largest absolute Gasteiger partial charge is 0.394 e. The first-order valence-electron chi connectivity index (χ1n) is 5.53. The predicted octanol–water partition coefficient (Wildman–Crippen LogP) is 0.871. The smallest absolute Gasteiger partial charge is 0.272 e. The molecule has 0 unspecified atom stereocenters. The third-order valence-electron chi connectivity index (χ3n) is 2.47. The highest BCUT2D eigenvalue weighted by Gasteiger charge is 2.15. The van der Waals surface area contributed by atoms with Crippen molar-refractivity contribution in [3.63, 3.8) is 0 Å². The van der Waals surface area contributed by atoms with Crippen LogP contribution in [-0.4, -0.2) is 32.4 Å². The highest BCUT2D eigenvalue weighted by Crippen LogP contribution is 2.04. The summed E-state index contributed by atoms with van der Waals surface area (Å²) in [6, 6.07) is 9.38. The minimum Gasteiger partial charge on any atom is -0.394 e. The van der Waals surface area contributed by atoms with Gasteiger partial charge < -0.3 is 10.4 Å². The van der Waals surface area contributed by atoms with Gasteiger partial charge in [0.25, 0.3) is 5.91 Å². The van der Waals surface area contributed by atoms with Crippen molar-refractivity contribution in [2.75, 3.05) is 6.61 Å². The molecular formula is C12H13N3O2S. The second-order valence-electron chi connectivity index (χ2n) is 3.84. The Morgan fingerprint density at radius 1 is 1.39 bits per heavy atom. The minimum absolute atomic E-state index is 0.113. The number of nitrogens with one attached hydrogen (secondary N) is 1. The molecule has 2 N–H and O–H groups in total. The molecule has 18 heavy (non-hydrogen) atoms. The molecule has 0 radical (unpaired) electrons. The summed E-state index contributed by atoms with van der Waals surface area (Å²) < 4.78 is 7.62. The van der Waals surface area contributed by atoms with Crippen LogP contribution in [0, 0.1) is 0 Å². The fourth-order valence-electron chi connectivity index (χ4n) is 1.58. The summed E-state index contributed by atoms with van der Waals surface area (Å²) in [6.07, 6.45) is 2.00. The van der Waals surface area contributed by atoms with E-state index in [0.717, 1.165) is 17.3 Å². The van der Waals surface area contributed by atoms with Gasteiger partial charge in [0.2, 0.25) is 0 Å². The SMILES string of the molecule is O=C(N[C@H](CO)Cc1ccccc1)c1cnsn1. The van der Waals surface area contributed by atoms with Gasteiger partial charge in [-0.3, -0.25) is 4.79 Å². The number of carbonyl (C=O) groups excluding carboxylic acids is 1. The molecule has 1 heterocycles. The molecule has 0 fully saturated rings. The minimum atomic E-state index is -0.318. The third-order valence-corrected chi connectivity index (χ3v) is 2.95. The van der Waals surface area contributed by atoms with Crippen molar-refractivity contribution in [2.45, 2.75) is 12.5 Å². The number of hydrogen-bond donors (Lipinski definition) is 2. The number of aliphatic hydroxyl groups is 1. The van der Waals surface area contributed by atoms with E-state index in [1.54, 1.807) is 0 Å². The molecule has 0 saturated carbocycles. The fraction of sp³-hybridized carbons (Fsp3) is 0.250. The number of carbonyl (C=O) groups is 1. The van der Waals surface area contributed by atoms with E-state index in [1.165, 1.54) is 6.20 Å². The van der Waals surface area contributed by atoms with Crippen LogP contribution >= 0.6 is 11.7 Å². The Labute approximate surface area is 109 Å². The van der Waals surface area contributed by atoms with Gasteiger partial charge in [-0.2, -0.15) is 8.75 Å². The Kier molecular flexibility index (Phi) is 4.38. The number of hydrogen-bond acceptors (Lipinski definition) is 5. The molecule has 94 valence electrons. The number of amides is 1. The zero-order chi connectivity index (χ0) is 12.8. The van der Waals surface area contributed by atoms with E-state index in [1.807, 2.05) is 30.3 Å². The van der Waals surface area contributed by atoms with Gasteiger partial charge >= 0.3 is 0 Å². The van der Waals surface area contributed by atoms with Gasteiger partial charge in [0.1, 0.15) is 0 Å². The Morgan fingerprint density at radius 2 is 2.17 bits per heavy atom. The normalized spacial score (nSPS) is 12.1. The Bertz CT molecular complexity index is 487. The highest BCUT2D eigenvalue weighted by atomic mass is 32.1. The summed E-state index contributed by atoms with van der Waals surface area (Å²) in [5.74, 6) is -0.307. The molecule has 2 aromatic rings. The maximum Gasteiger partial charge on any atom is 0.272 e. The van der Waals surface area contributed by atoms with Crippen molar-refractivity contribution >= 4 is 17.6 Å². The van der Waals surface area contributed by atoms with Gasteiger partial charge in [-0.05, 0) is 12.0 Å². The van der Waals surface area contributed by atoms with Gasteiger partial charge in [0, 0.05) is 0 Å². The maximum atomic E-state index is 11.7. The Morgan fingerprint density at radius 3 is 2.78 bits per heavy atom. The molecule has 1 aromatic heterocycles. The van der Waals surface area contributed by atoms with Gasteiger partial charge in [0.15, 0.2) is 5.69 Å². The van der Waals surface area contributed by atoms with Gasteiger partial charge in [-0.15, -0.1) is 0 Å². The fourth-order valence-corrected chi connectivity index (χ4v) is 2.00. The molecule has 0 aliphatic rings. The lowest BCUT2D eigenvalue weighted by Crippen LogP contribution is -2.39. The first kappa shape index (κ1) is 12.7. The van der Waals surface area contributed by atoms with Crippen LogP contribution in [-0.2, 0) is 6.42 Å². The summed E-state index contributed by atoms with van der Waals surface area (Å²) in [6.45, 7) is -0.113. The van der Waals surface area contributed by atoms with Crippen molar-refractivity contribution in [3.05, 3.63) is 47.8 Å². The van der Waals surface area contributed by atoms with Gasteiger partial charge in [0.05, 0.1) is 30.6 Å². The van der Waals surface area contributed by atoms with Crippen LogP contribution in [0.25, 0.3) is 0 Å². The molecule has 1 amide bonds. The van der Waals surface area contributed by atoms with Crippen LogP contribution < -0.4 is 5.32 Å². The van der Waals surface area contributed by atoms with Crippen LogP contribution in [0.4, 0.5) is 0 Å². The molecule has 6 heteroatoms. The number of aliphatic hydroxyl groups excluding tert-OH is 1. The lowest BCUT2D eigenvalue weighted by molar-refractivity contribution is 0.0912. The molecule has 2 rings (SSSR count). The first-order valence-corrected chi connectivity index (χ1v) is 6.26. The third kappa shape index (κ3) is 3.35. The summed E-state index contributed by atoms with van der Waals surface area (Å²) in [7, 11) is 0. The average molecular weight is 263 g/mol.